The molecule has 4 atom stereocenters. The van der Waals surface area contributed by atoms with Crippen LogP contribution in [0.4, 0.5) is 0 Å². The number of hydrogen-bond acceptors (Lipinski definition) is 5. The topological polar surface area (TPSA) is 104 Å². The third-order valence-electron chi connectivity index (χ3n) is 4.33. The van der Waals surface area contributed by atoms with E-state index in [1.54, 1.807) is 12.2 Å². The number of carbonyl (C=O) groups excluding carboxylic acids is 1. The number of methoxy groups -OCH3 is 1. The Labute approximate surface area is 163 Å². The van der Waals surface area contributed by atoms with Crippen molar-refractivity contribution in [1.82, 2.24) is 0 Å². The van der Waals surface area contributed by atoms with E-state index in [4.69, 9.17) is 5.11 Å². The molecule has 0 spiro atoms. The molecular formula is C21H38O6. The molecule has 6 nitrogen and oxygen atoms in total. The van der Waals surface area contributed by atoms with Gasteiger partial charge in [0.25, 0.3) is 0 Å². The van der Waals surface area contributed by atoms with E-state index in [0.29, 0.717) is 6.42 Å². The Kier molecular flexibility index (Phi) is 18.1. The lowest BCUT2D eigenvalue weighted by Crippen LogP contribution is -2.24. The van der Waals surface area contributed by atoms with Gasteiger partial charge in [0.2, 0.25) is 0 Å². The van der Waals surface area contributed by atoms with E-state index in [2.05, 4.69) is 24.8 Å². The largest absolute Gasteiger partial charge is 0.481 e. The fraction of sp³-hybridized carbons (Fsp3) is 0.714. The van der Waals surface area contributed by atoms with E-state index in [1.165, 1.54) is 7.11 Å². The lowest BCUT2D eigenvalue weighted by Gasteiger charge is -2.19. The second kappa shape index (κ2) is 17.7. The maximum absolute atomic E-state index is 10.9. The summed E-state index contributed by atoms with van der Waals surface area (Å²) in [5, 5.41) is 27.7. The fourth-order valence-corrected chi connectivity index (χ4v) is 2.87. The number of rotatable bonds is 14. The van der Waals surface area contributed by atoms with Gasteiger partial charge in [-0.1, -0.05) is 38.8 Å². The first-order chi connectivity index (χ1) is 12.8. The van der Waals surface area contributed by atoms with Crippen molar-refractivity contribution in [3.8, 4) is 0 Å². The summed E-state index contributed by atoms with van der Waals surface area (Å²) in [5.74, 6) is -1.14. The van der Waals surface area contributed by atoms with Gasteiger partial charge >= 0.3 is 11.9 Å². The van der Waals surface area contributed by atoms with Gasteiger partial charge in [-0.25, -0.2) is 0 Å². The normalized spacial score (nSPS) is 14.7. The number of carbonyl (C=O) groups is 2. The first-order valence-electron chi connectivity index (χ1n) is 9.63. The van der Waals surface area contributed by atoms with E-state index in [0.717, 1.165) is 32.1 Å². The maximum atomic E-state index is 10.9. The highest BCUT2D eigenvalue weighted by molar-refractivity contribution is 5.69. The number of allylic oxidation sites excluding steroid dienone is 2. The monoisotopic (exact) mass is 386 g/mol. The summed E-state index contributed by atoms with van der Waals surface area (Å²) in [5.41, 5.74) is 0. The number of ether oxygens (including phenoxy) is 1. The third-order valence-corrected chi connectivity index (χ3v) is 4.33. The van der Waals surface area contributed by atoms with E-state index in [-0.39, 0.29) is 30.6 Å². The van der Waals surface area contributed by atoms with Crippen molar-refractivity contribution >= 4 is 11.9 Å². The first kappa shape index (κ1) is 27.6. The standard InChI is InChI=1S/C11H20O3.C10H18O3/c1-4-6-9(7-5-2)10(12)8-11(13)14-3;1-3-5-8(6-4-2)9(11)7-10(12)13/h4,9-10,12H,1,5-8H2,2-3H3;3,8-9,11H,1,4-7H2,2H3,(H,12,13). The Bertz CT molecular complexity index is 421. The molecule has 0 rings (SSSR count). The molecule has 3 N–H and O–H groups in total. The molecule has 27 heavy (non-hydrogen) atoms. The average Bonchev–Trinajstić information content (AvgIpc) is 2.61. The summed E-state index contributed by atoms with van der Waals surface area (Å²) >= 11 is 0. The van der Waals surface area contributed by atoms with Gasteiger partial charge in [-0.3, -0.25) is 9.59 Å². The quantitative estimate of drug-likeness (QED) is 0.310. The number of hydrogen-bond donors (Lipinski definition) is 3. The molecule has 0 aromatic heterocycles. The molecule has 6 heteroatoms. The zero-order valence-corrected chi connectivity index (χ0v) is 17.1. The second-order valence-corrected chi connectivity index (χ2v) is 6.66. The molecule has 0 fully saturated rings. The Morgan fingerprint density at radius 1 is 0.926 bits per heavy atom. The van der Waals surface area contributed by atoms with Crippen molar-refractivity contribution in [2.75, 3.05) is 7.11 Å². The van der Waals surface area contributed by atoms with Crippen LogP contribution in [0.2, 0.25) is 0 Å². The first-order valence-corrected chi connectivity index (χ1v) is 9.63. The van der Waals surface area contributed by atoms with Crippen LogP contribution < -0.4 is 0 Å². The van der Waals surface area contributed by atoms with Gasteiger partial charge in [-0.15, -0.1) is 13.2 Å². The Hall–Kier alpha value is -1.66. The zero-order chi connectivity index (χ0) is 21.2. The van der Waals surface area contributed by atoms with Gasteiger partial charge in [0.05, 0.1) is 32.2 Å². The number of aliphatic carboxylic acids is 1. The van der Waals surface area contributed by atoms with Crippen molar-refractivity contribution in [3.05, 3.63) is 25.3 Å². The number of esters is 1. The van der Waals surface area contributed by atoms with Gasteiger partial charge in [0.15, 0.2) is 0 Å². The predicted octanol–water partition coefficient (Wildman–Crippen LogP) is 3.72. The van der Waals surface area contributed by atoms with Crippen molar-refractivity contribution in [2.45, 2.75) is 77.4 Å². The van der Waals surface area contributed by atoms with Crippen LogP contribution >= 0.6 is 0 Å². The highest BCUT2D eigenvalue weighted by Gasteiger charge is 2.20. The van der Waals surface area contributed by atoms with Gasteiger partial charge in [0, 0.05) is 0 Å². The zero-order valence-electron chi connectivity index (χ0n) is 17.1. The van der Waals surface area contributed by atoms with Crippen LogP contribution in [-0.2, 0) is 14.3 Å². The molecule has 158 valence electrons. The predicted molar refractivity (Wildman–Crippen MR) is 107 cm³/mol. The number of aliphatic hydroxyl groups excluding tert-OH is 2. The summed E-state index contributed by atoms with van der Waals surface area (Å²) in [6.07, 6.45) is 7.20. The van der Waals surface area contributed by atoms with Crippen LogP contribution in [0.15, 0.2) is 25.3 Å². The van der Waals surface area contributed by atoms with Crippen LogP contribution in [0, 0.1) is 11.8 Å². The van der Waals surface area contributed by atoms with E-state index in [9.17, 15) is 19.8 Å². The van der Waals surface area contributed by atoms with Gasteiger partial charge in [0.1, 0.15) is 0 Å². The second-order valence-electron chi connectivity index (χ2n) is 6.66. The smallest absolute Gasteiger partial charge is 0.308 e. The summed E-state index contributed by atoms with van der Waals surface area (Å²) in [6, 6.07) is 0. The summed E-state index contributed by atoms with van der Waals surface area (Å²) in [7, 11) is 1.33. The summed E-state index contributed by atoms with van der Waals surface area (Å²) in [6.45, 7) is 11.3. The van der Waals surface area contributed by atoms with E-state index >= 15 is 0 Å². The van der Waals surface area contributed by atoms with Gasteiger partial charge < -0.3 is 20.1 Å². The molecule has 4 unspecified atom stereocenters. The lowest BCUT2D eigenvalue weighted by atomic mass is 9.92. The molecule has 0 radical (unpaired) electrons. The minimum Gasteiger partial charge on any atom is -0.481 e. The molecule has 0 amide bonds. The highest BCUT2D eigenvalue weighted by Crippen LogP contribution is 2.19. The van der Waals surface area contributed by atoms with Crippen molar-refractivity contribution in [2.24, 2.45) is 11.8 Å². The molecule has 0 saturated carbocycles. The summed E-state index contributed by atoms with van der Waals surface area (Å²) < 4.78 is 4.50. The van der Waals surface area contributed by atoms with Crippen LogP contribution in [0.1, 0.15) is 65.2 Å². The fourth-order valence-electron chi connectivity index (χ4n) is 2.87. The molecular weight excluding hydrogens is 348 g/mol. The molecule has 0 aliphatic heterocycles. The lowest BCUT2D eigenvalue weighted by molar-refractivity contribution is -0.143. The minimum atomic E-state index is -0.947. The highest BCUT2D eigenvalue weighted by atomic mass is 16.5. The minimum absolute atomic E-state index is 0.0404. The third kappa shape index (κ3) is 15.1. The summed E-state index contributed by atoms with van der Waals surface area (Å²) in [4.78, 5) is 21.3. The van der Waals surface area contributed by atoms with Crippen molar-refractivity contribution in [3.63, 3.8) is 0 Å². The Morgan fingerprint density at radius 2 is 1.33 bits per heavy atom. The molecule has 0 heterocycles. The molecule has 0 bridgehead atoms. The molecule has 0 aliphatic carbocycles. The average molecular weight is 387 g/mol. The number of carboxylic acids is 1. The van der Waals surface area contributed by atoms with Crippen molar-refractivity contribution < 1.29 is 29.6 Å². The van der Waals surface area contributed by atoms with Gasteiger partial charge in [-0.2, -0.15) is 0 Å². The number of aliphatic hydroxyl groups is 2. The molecule has 0 saturated heterocycles. The van der Waals surface area contributed by atoms with Crippen LogP contribution in [-0.4, -0.2) is 46.6 Å². The van der Waals surface area contributed by atoms with Crippen LogP contribution in [0.25, 0.3) is 0 Å². The van der Waals surface area contributed by atoms with Crippen LogP contribution in [0.3, 0.4) is 0 Å². The number of carboxylic acid groups (broad SMARTS) is 1. The van der Waals surface area contributed by atoms with E-state index in [1.807, 2.05) is 6.92 Å². The van der Waals surface area contributed by atoms with Gasteiger partial charge in [-0.05, 0) is 37.5 Å². The molecule has 0 aromatic carbocycles. The maximum Gasteiger partial charge on any atom is 0.308 e. The Morgan fingerprint density at radius 3 is 1.63 bits per heavy atom. The van der Waals surface area contributed by atoms with Crippen LogP contribution in [0.5, 0.6) is 0 Å². The Balaban J connectivity index is 0. The molecule has 0 aromatic rings. The molecule has 0 aliphatic rings. The van der Waals surface area contributed by atoms with E-state index < -0.39 is 18.2 Å². The SMILES string of the molecule is C=CCC(CCC)C(O)CC(=O)O.C=CCC(CCC)C(O)CC(=O)OC. The van der Waals surface area contributed by atoms with Crippen molar-refractivity contribution in [1.29, 1.82) is 0 Å².